The minimum atomic E-state index is -0.304. The molecule has 0 atom stereocenters. The monoisotopic (exact) mass is 244 g/mol. The number of hydrogen-bond donors (Lipinski definition) is 0. The van der Waals surface area contributed by atoms with Gasteiger partial charge in [-0.3, -0.25) is 0 Å². The molecule has 2 aromatic carbocycles. The Bertz CT molecular complexity index is 605. The van der Waals surface area contributed by atoms with Crippen LogP contribution in [0.3, 0.4) is 0 Å². The van der Waals surface area contributed by atoms with Gasteiger partial charge in [0.2, 0.25) is 0 Å². The van der Waals surface area contributed by atoms with Gasteiger partial charge in [0.05, 0.1) is 5.56 Å². The fraction of sp³-hybridized carbons (Fsp3) is 0.0714. The van der Waals surface area contributed by atoms with Gasteiger partial charge in [-0.1, -0.05) is 29.8 Å². The number of ether oxygens (including phenoxy) is 1. The first-order valence-electron chi connectivity index (χ1n) is 5.32. The quantitative estimate of drug-likeness (QED) is 0.524. The number of carbonyl (C=O) groups is 1. The van der Waals surface area contributed by atoms with Crippen LogP contribution < -0.4 is 4.74 Å². The molecule has 17 heavy (non-hydrogen) atoms. The number of esters is 1. The van der Waals surface area contributed by atoms with Crippen LogP contribution in [-0.4, -0.2) is 5.97 Å². The van der Waals surface area contributed by atoms with Crippen molar-refractivity contribution in [3.05, 3.63) is 64.2 Å². The first-order valence-corrected chi connectivity index (χ1v) is 5.70. The Labute approximate surface area is 104 Å². The highest BCUT2D eigenvalue weighted by Crippen LogP contribution is 2.30. The Morgan fingerprint density at radius 2 is 1.88 bits per heavy atom. The molecule has 0 aliphatic carbocycles. The summed E-state index contributed by atoms with van der Waals surface area (Å²) in [7, 11) is 0. The van der Waals surface area contributed by atoms with Crippen LogP contribution >= 0.6 is 11.6 Å². The maximum atomic E-state index is 11.9. The van der Waals surface area contributed by atoms with Gasteiger partial charge >= 0.3 is 5.97 Å². The van der Waals surface area contributed by atoms with Crippen molar-refractivity contribution in [3.8, 4) is 5.75 Å². The van der Waals surface area contributed by atoms with E-state index in [1.54, 1.807) is 18.2 Å². The molecule has 0 spiro atoms. The number of carbonyl (C=O) groups excluding carboxylic acids is 1. The molecule has 0 N–H and O–H groups in total. The summed E-state index contributed by atoms with van der Waals surface area (Å²) in [5.74, 6) is 0.289. The van der Waals surface area contributed by atoms with Gasteiger partial charge in [-0.2, -0.15) is 0 Å². The third-order valence-corrected chi connectivity index (χ3v) is 3.08. The lowest BCUT2D eigenvalue weighted by atomic mass is 10.0. The van der Waals surface area contributed by atoms with E-state index >= 15 is 0 Å². The van der Waals surface area contributed by atoms with Crippen LogP contribution in [0.5, 0.6) is 5.75 Å². The molecule has 0 radical (unpaired) electrons. The summed E-state index contributed by atoms with van der Waals surface area (Å²) in [6.07, 6.45) is 0.664. The maximum absolute atomic E-state index is 11.9. The molecule has 0 aromatic heterocycles. The third-order valence-electron chi connectivity index (χ3n) is 2.84. The standard InChI is InChI=1S/C14H9ClO2/c15-11-5-6-13-10(8-11)7-9-3-1-2-4-12(9)14(16)17-13/h1-6,8H,7H2. The van der Waals surface area contributed by atoms with Crippen molar-refractivity contribution in [1.29, 1.82) is 0 Å². The number of halogens is 1. The van der Waals surface area contributed by atoms with Crippen LogP contribution in [0.1, 0.15) is 21.5 Å². The normalized spacial score (nSPS) is 13.4. The van der Waals surface area contributed by atoms with E-state index in [2.05, 4.69) is 0 Å². The molecular weight excluding hydrogens is 236 g/mol. The lowest BCUT2D eigenvalue weighted by Crippen LogP contribution is -2.08. The van der Waals surface area contributed by atoms with Crippen molar-refractivity contribution < 1.29 is 9.53 Å². The molecular formula is C14H9ClO2. The molecule has 0 fully saturated rings. The Kier molecular flexibility index (Phi) is 2.37. The predicted molar refractivity (Wildman–Crippen MR) is 65.7 cm³/mol. The second-order valence-electron chi connectivity index (χ2n) is 3.98. The van der Waals surface area contributed by atoms with E-state index in [1.165, 1.54) is 0 Å². The summed E-state index contributed by atoms with van der Waals surface area (Å²) in [6.45, 7) is 0. The van der Waals surface area contributed by atoms with Gasteiger partial charge in [0.15, 0.2) is 0 Å². The van der Waals surface area contributed by atoms with Crippen LogP contribution in [0.15, 0.2) is 42.5 Å². The molecule has 2 nitrogen and oxygen atoms in total. The Balaban J connectivity index is 2.18. The minimum absolute atomic E-state index is 0.304. The zero-order valence-corrected chi connectivity index (χ0v) is 9.70. The van der Waals surface area contributed by atoms with Crippen LogP contribution in [0.25, 0.3) is 0 Å². The van der Waals surface area contributed by atoms with Gasteiger partial charge in [-0.05, 0) is 29.8 Å². The third kappa shape index (κ3) is 1.81. The summed E-state index contributed by atoms with van der Waals surface area (Å²) in [5, 5.41) is 0.652. The largest absolute Gasteiger partial charge is 0.423 e. The predicted octanol–water partition coefficient (Wildman–Crippen LogP) is 3.46. The molecule has 0 amide bonds. The van der Waals surface area contributed by atoms with E-state index in [9.17, 15) is 4.79 Å². The van der Waals surface area contributed by atoms with Gasteiger partial charge in [0.1, 0.15) is 5.75 Å². The lowest BCUT2D eigenvalue weighted by molar-refractivity contribution is 0.0736. The van der Waals surface area contributed by atoms with Gasteiger partial charge < -0.3 is 4.74 Å². The molecule has 0 unspecified atom stereocenters. The van der Waals surface area contributed by atoms with Crippen molar-refractivity contribution in [2.75, 3.05) is 0 Å². The molecule has 1 heterocycles. The van der Waals surface area contributed by atoms with E-state index in [0.29, 0.717) is 22.8 Å². The molecule has 0 saturated heterocycles. The minimum Gasteiger partial charge on any atom is -0.423 e. The number of rotatable bonds is 0. The summed E-state index contributed by atoms with van der Waals surface area (Å²) >= 11 is 5.95. The van der Waals surface area contributed by atoms with Gasteiger partial charge in [-0.15, -0.1) is 0 Å². The SMILES string of the molecule is O=C1Oc2ccc(Cl)cc2Cc2ccccc21. The molecule has 0 bridgehead atoms. The highest BCUT2D eigenvalue weighted by atomic mass is 35.5. The molecule has 0 saturated carbocycles. The van der Waals surface area contributed by atoms with E-state index < -0.39 is 0 Å². The van der Waals surface area contributed by atoms with E-state index in [4.69, 9.17) is 16.3 Å². The first-order chi connectivity index (χ1) is 8.24. The average molecular weight is 245 g/mol. The smallest absolute Gasteiger partial charge is 0.343 e. The number of fused-ring (bicyclic) bond motifs is 2. The summed E-state index contributed by atoms with van der Waals surface area (Å²) in [5.41, 5.74) is 2.54. The van der Waals surface area contributed by atoms with Crippen molar-refractivity contribution in [2.45, 2.75) is 6.42 Å². The number of hydrogen-bond acceptors (Lipinski definition) is 2. The topological polar surface area (TPSA) is 26.3 Å². The summed E-state index contributed by atoms with van der Waals surface area (Å²) in [6, 6.07) is 12.8. The summed E-state index contributed by atoms with van der Waals surface area (Å²) < 4.78 is 5.34. The second kappa shape index (κ2) is 3.90. The zero-order chi connectivity index (χ0) is 11.8. The van der Waals surface area contributed by atoms with E-state index in [1.807, 2.05) is 24.3 Å². The second-order valence-corrected chi connectivity index (χ2v) is 4.41. The van der Waals surface area contributed by atoms with Crippen molar-refractivity contribution >= 4 is 17.6 Å². The summed E-state index contributed by atoms with van der Waals surface area (Å²) in [4.78, 5) is 11.9. The Hall–Kier alpha value is -1.80. The number of benzene rings is 2. The maximum Gasteiger partial charge on any atom is 0.343 e. The Morgan fingerprint density at radius 3 is 2.76 bits per heavy atom. The molecule has 2 aromatic rings. The molecule has 3 rings (SSSR count). The molecule has 1 aliphatic heterocycles. The van der Waals surface area contributed by atoms with Crippen LogP contribution in [0, 0.1) is 0 Å². The molecule has 84 valence electrons. The highest BCUT2D eigenvalue weighted by molar-refractivity contribution is 6.30. The van der Waals surface area contributed by atoms with E-state index in [-0.39, 0.29) is 5.97 Å². The van der Waals surface area contributed by atoms with Gasteiger partial charge in [0.25, 0.3) is 0 Å². The van der Waals surface area contributed by atoms with Crippen LogP contribution in [-0.2, 0) is 6.42 Å². The van der Waals surface area contributed by atoms with Crippen LogP contribution in [0.2, 0.25) is 5.02 Å². The van der Waals surface area contributed by atoms with Crippen molar-refractivity contribution in [3.63, 3.8) is 0 Å². The average Bonchev–Trinajstić information content (AvgIpc) is 2.46. The fourth-order valence-corrected chi connectivity index (χ4v) is 2.21. The van der Waals surface area contributed by atoms with Crippen LogP contribution in [0.4, 0.5) is 0 Å². The highest BCUT2D eigenvalue weighted by Gasteiger charge is 2.20. The van der Waals surface area contributed by atoms with Crippen molar-refractivity contribution in [1.82, 2.24) is 0 Å². The van der Waals surface area contributed by atoms with Crippen molar-refractivity contribution in [2.24, 2.45) is 0 Å². The molecule has 3 heteroatoms. The first kappa shape index (κ1) is 10.4. The Morgan fingerprint density at radius 1 is 1.06 bits per heavy atom. The fourth-order valence-electron chi connectivity index (χ4n) is 2.02. The van der Waals surface area contributed by atoms with Gasteiger partial charge in [-0.25, -0.2) is 4.79 Å². The zero-order valence-electron chi connectivity index (χ0n) is 8.94. The van der Waals surface area contributed by atoms with E-state index in [0.717, 1.165) is 11.1 Å². The van der Waals surface area contributed by atoms with Gasteiger partial charge in [0, 0.05) is 17.0 Å². The lowest BCUT2D eigenvalue weighted by Gasteiger charge is -2.04. The molecule has 1 aliphatic rings.